The van der Waals surface area contributed by atoms with Crippen LogP contribution in [0.1, 0.15) is 60.7 Å². The Balaban J connectivity index is 1.62. The highest BCUT2D eigenvalue weighted by Gasteiger charge is 2.32. The number of aryl methyl sites for hydroxylation is 1. The van der Waals surface area contributed by atoms with E-state index in [4.69, 9.17) is 23.7 Å². The summed E-state index contributed by atoms with van der Waals surface area (Å²) >= 11 is 0. The van der Waals surface area contributed by atoms with E-state index in [1.54, 1.807) is 48.2 Å². The van der Waals surface area contributed by atoms with Crippen LogP contribution < -0.4 is 14.2 Å². The first-order valence-electron chi connectivity index (χ1n) is 12.2. The number of carbonyl (C=O) groups excluding carboxylic acids is 3. The van der Waals surface area contributed by atoms with Gasteiger partial charge in [-0.05, 0) is 62.1 Å². The molecule has 0 aliphatic carbocycles. The molecular formula is C27H31NO8. The second kappa shape index (κ2) is 11.3. The highest BCUT2D eigenvalue weighted by atomic mass is 16.7. The number of hydrogen-bond donors (Lipinski definition) is 0. The zero-order valence-corrected chi connectivity index (χ0v) is 20.8. The predicted molar refractivity (Wildman–Crippen MR) is 129 cm³/mol. The molecule has 1 amide bonds. The van der Waals surface area contributed by atoms with Crippen LogP contribution >= 0.6 is 0 Å². The number of rotatable bonds is 9. The smallest absolute Gasteiger partial charge is 0.352 e. The maximum atomic E-state index is 13.4. The van der Waals surface area contributed by atoms with Gasteiger partial charge in [0.1, 0.15) is 5.75 Å². The van der Waals surface area contributed by atoms with Crippen LogP contribution in [-0.2, 0) is 25.5 Å². The van der Waals surface area contributed by atoms with Crippen LogP contribution in [0.5, 0.6) is 17.2 Å². The number of likely N-dealkylation sites (tertiary alicyclic amines) is 1. The number of nitrogens with zero attached hydrogens (tertiary/aromatic N) is 1. The van der Waals surface area contributed by atoms with Gasteiger partial charge in [-0.15, -0.1) is 0 Å². The molecule has 0 bridgehead atoms. The minimum absolute atomic E-state index is 0.0891. The zero-order chi connectivity index (χ0) is 25.7. The SMILES string of the molecule is CCCc1cc(C(=O)OC)ccc1O[C@@H](C(=O)O[C@@H](C)C(=O)N1CCCC1)c1ccc2c(c1)OCO2. The minimum Gasteiger partial charge on any atom is -0.474 e. The summed E-state index contributed by atoms with van der Waals surface area (Å²) in [7, 11) is 1.32. The molecule has 4 rings (SSSR count). The normalized spacial score (nSPS) is 15.8. The summed E-state index contributed by atoms with van der Waals surface area (Å²) < 4.78 is 27.5. The fourth-order valence-electron chi connectivity index (χ4n) is 4.34. The Morgan fingerprint density at radius 1 is 1.03 bits per heavy atom. The second-order valence-corrected chi connectivity index (χ2v) is 8.79. The first-order valence-corrected chi connectivity index (χ1v) is 12.2. The number of ether oxygens (including phenoxy) is 5. The molecule has 0 aromatic heterocycles. The van der Waals surface area contributed by atoms with Crippen molar-refractivity contribution >= 4 is 17.8 Å². The molecular weight excluding hydrogens is 466 g/mol. The van der Waals surface area contributed by atoms with Crippen LogP contribution in [-0.4, -0.2) is 55.8 Å². The number of fused-ring (bicyclic) bond motifs is 1. The number of esters is 2. The lowest BCUT2D eigenvalue weighted by molar-refractivity contribution is -0.164. The summed E-state index contributed by atoms with van der Waals surface area (Å²) in [6, 6.07) is 10.0. The number of methoxy groups -OCH3 is 1. The van der Waals surface area contributed by atoms with Crippen molar-refractivity contribution in [1.82, 2.24) is 4.90 Å². The minimum atomic E-state index is -1.17. The van der Waals surface area contributed by atoms with Crippen LogP contribution in [0.15, 0.2) is 36.4 Å². The summed E-state index contributed by atoms with van der Waals surface area (Å²) in [5.74, 6) is 0.109. The topological polar surface area (TPSA) is 101 Å². The Bertz CT molecular complexity index is 1120. The van der Waals surface area contributed by atoms with E-state index >= 15 is 0 Å². The number of hydrogen-bond acceptors (Lipinski definition) is 8. The van der Waals surface area contributed by atoms with Crippen molar-refractivity contribution in [1.29, 1.82) is 0 Å². The maximum Gasteiger partial charge on any atom is 0.352 e. The lowest BCUT2D eigenvalue weighted by Gasteiger charge is -2.24. The molecule has 1 fully saturated rings. The molecule has 2 aliphatic heterocycles. The van der Waals surface area contributed by atoms with Crippen molar-refractivity contribution in [3.05, 3.63) is 53.1 Å². The van der Waals surface area contributed by atoms with Crippen molar-refractivity contribution in [2.24, 2.45) is 0 Å². The lowest BCUT2D eigenvalue weighted by Crippen LogP contribution is -2.39. The summed E-state index contributed by atoms with van der Waals surface area (Å²) in [5, 5.41) is 0. The first-order chi connectivity index (χ1) is 17.4. The van der Waals surface area contributed by atoms with Gasteiger partial charge in [-0.2, -0.15) is 0 Å². The predicted octanol–water partition coefficient (Wildman–Crippen LogP) is 3.83. The Morgan fingerprint density at radius 2 is 1.78 bits per heavy atom. The van der Waals surface area contributed by atoms with Gasteiger partial charge >= 0.3 is 11.9 Å². The molecule has 0 N–H and O–H groups in total. The molecule has 0 unspecified atom stereocenters. The van der Waals surface area contributed by atoms with E-state index in [1.165, 1.54) is 7.11 Å². The van der Waals surface area contributed by atoms with E-state index in [-0.39, 0.29) is 12.7 Å². The fourth-order valence-corrected chi connectivity index (χ4v) is 4.34. The molecule has 9 heteroatoms. The van der Waals surface area contributed by atoms with Crippen molar-refractivity contribution in [2.75, 3.05) is 27.0 Å². The van der Waals surface area contributed by atoms with E-state index < -0.39 is 24.1 Å². The molecule has 0 radical (unpaired) electrons. The van der Waals surface area contributed by atoms with Crippen LogP contribution in [0.4, 0.5) is 0 Å². The molecule has 1 saturated heterocycles. The van der Waals surface area contributed by atoms with Gasteiger partial charge in [0.25, 0.3) is 5.91 Å². The van der Waals surface area contributed by atoms with Gasteiger partial charge in [0, 0.05) is 18.7 Å². The number of carbonyl (C=O) groups is 3. The average molecular weight is 498 g/mol. The summed E-state index contributed by atoms with van der Waals surface area (Å²) in [6.45, 7) is 4.99. The van der Waals surface area contributed by atoms with Crippen molar-refractivity contribution in [3.63, 3.8) is 0 Å². The van der Waals surface area contributed by atoms with Gasteiger partial charge in [-0.3, -0.25) is 4.79 Å². The van der Waals surface area contributed by atoms with E-state index in [0.29, 0.717) is 47.9 Å². The van der Waals surface area contributed by atoms with Gasteiger partial charge < -0.3 is 28.6 Å². The number of amides is 1. The van der Waals surface area contributed by atoms with Gasteiger partial charge in [0.2, 0.25) is 12.9 Å². The quantitative estimate of drug-likeness (QED) is 0.482. The van der Waals surface area contributed by atoms with Crippen molar-refractivity contribution in [2.45, 2.75) is 51.7 Å². The summed E-state index contributed by atoms with van der Waals surface area (Å²) in [4.78, 5) is 39.9. The molecule has 0 saturated carbocycles. The third-order valence-electron chi connectivity index (χ3n) is 6.22. The summed E-state index contributed by atoms with van der Waals surface area (Å²) in [6.07, 6.45) is 1.17. The lowest BCUT2D eigenvalue weighted by atomic mass is 10.0. The zero-order valence-electron chi connectivity index (χ0n) is 20.8. The van der Waals surface area contributed by atoms with E-state index in [2.05, 4.69) is 0 Å². The first kappa shape index (κ1) is 25.3. The average Bonchev–Trinajstić information content (AvgIpc) is 3.59. The number of benzene rings is 2. The highest BCUT2D eigenvalue weighted by Crippen LogP contribution is 2.36. The Labute approximate surface area is 210 Å². The van der Waals surface area contributed by atoms with Gasteiger partial charge in [-0.25, -0.2) is 9.59 Å². The van der Waals surface area contributed by atoms with E-state index in [1.807, 2.05) is 6.92 Å². The second-order valence-electron chi connectivity index (χ2n) is 8.79. The monoisotopic (exact) mass is 497 g/mol. The van der Waals surface area contributed by atoms with Crippen molar-refractivity contribution < 1.29 is 38.1 Å². The van der Waals surface area contributed by atoms with Gasteiger partial charge in [-0.1, -0.05) is 19.4 Å². The Hall–Kier alpha value is -3.75. The molecule has 2 atom stereocenters. The largest absolute Gasteiger partial charge is 0.474 e. The van der Waals surface area contributed by atoms with Crippen LogP contribution in [0.2, 0.25) is 0 Å². The summed E-state index contributed by atoms with van der Waals surface area (Å²) in [5.41, 5.74) is 1.63. The Kier molecular flexibility index (Phi) is 7.97. The molecule has 2 heterocycles. The van der Waals surface area contributed by atoms with E-state index in [0.717, 1.165) is 24.8 Å². The molecule has 9 nitrogen and oxygen atoms in total. The van der Waals surface area contributed by atoms with Gasteiger partial charge in [0.15, 0.2) is 17.6 Å². The van der Waals surface area contributed by atoms with Crippen molar-refractivity contribution in [3.8, 4) is 17.2 Å². The fraction of sp³-hybridized carbons (Fsp3) is 0.444. The Morgan fingerprint density at radius 3 is 2.50 bits per heavy atom. The highest BCUT2D eigenvalue weighted by molar-refractivity contribution is 5.90. The molecule has 192 valence electrons. The van der Waals surface area contributed by atoms with Crippen LogP contribution in [0, 0.1) is 0 Å². The van der Waals surface area contributed by atoms with Gasteiger partial charge in [0.05, 0.1) is 12.7 Å². The molecule has 36 heavy (non-hydrogen) atoms. The molecule has 0 spiro atoms. The van der Waals surface area contributed by atoms with Crippen LogP contribution in [0.3, 0.4) is 0 Å². The van der Waals surface area contributed by atoms with Crippen LogP contribution in [0.25, 0.3) is 0 Å². The molecule has 2 aromatic rings. The van der Waals surface area contributed by atoms with E-state index in [9.17, 15) is 14.4 Å². The third-order valence-corrected chi connectivity index (χ3v) is 6.22. The molecule has 2 aliphatic rings. The molecule has 2 aromatic carbocycles. The standard InChI is InChI=1S/C27H31NO8/c1-4-7-18-14-20(26(30)32-3)9-10-21(18)36-24(19-8-11-22-23(15-19)34-16-33-22)27(31)35-17(2)25(29)28-12-5-6-13-28/h8-11,14-15,17,24H,4-7,12-13,16H2,1-3H3/t17-,24+/m0/s1. The third kappa shape index (κ3) is 5.56. The maximum absolute atomic E-state index is 13.4.